The molecule has 2 amide bonds. The zero-order valence-electron chi connectivity index (χ0n) is 19.2. The van der Waals surface area contributed by atoms with Gasteiger partial charge >= 0.3 is 0 Å². The van der Waals surface area contributed by atoms with Crippen molar-refractivity contribution in [3.05, 3.63) is 106 Å². The molecule has 2 heterocycles. The van der Waals surface area contributed by atoms with Gasteiger partial charge in [-0.1, -0.05) is 36.4 Å². The lowest BCUT2D eigenvalue weighted by molar-refractivity contribution is 0.0844. The average molecular weight is 481 g/mol. The van der Waals surface area contributed by atoms with Gasteiger partial charge in [-0.2, -0.15) is 5.10 Å². The van der Waals surface area contributed by atoms with Crippen LogP contribution in [0.5, 0.6) is 0 Å². The maximum absolute atomic E-state index is 13.4. The number of aryl methyl sites for hydroxylation is 1. The lowest BCUT2D eigenvalue weighted by Gasteiger charge is -2.13. The van der Waals surface area contributed by atoms with Gasteiger partial charge in [0.1, 0.15) is 5.82 Å². The molecule has 0 radical (unpaired) electrons. The van der Waals surface area contributed by atoms with Crippen LogP contribution in [0.2, 0.25) is 0 Å². The van der Waals surface area contributed by atoms with E-state index in [1.807, 2.05) is 0 Å². The van der Waals surface area contributed by atoms with Gasteiger partial charge in [0, 0.05) is 22.9 Å². The highest BCUT2D eigenvalue weighted by Crippen LogP contribution is 2.25. The first-order valence-electron chi connectivity index (χ1n) is 11.2. The molecule has 0 aliphatic carbocycles. The molecule has 0 fully saturated rings. The number of halogens is 1. The number of nitrogens with zero attached hydrogens (tertiary/aromatic N) is 3. The summed E-state index contributed by atoms with van der Waals surface area (Å²) in [6.07, 6.45) is 0. The molecule has 3 aromatic carbocycles. The first kappa shape index (κ1) is 22.9. The highest BCUT2D eigenvalue weighted by Gasteiger charge is 2.19. The van der Waals surface area contributed by atoms with Crippen LogP contribution in [0.4, 0.5) is 4.39 Å². The van der Waals surface area contributed by atoms with E-state index < -0.39 is 11.8 Å². The fraction of sp³-hybridized carbons (Fsp3) is 0.0741. The summed E-state index contributed by atoms with van der Waals surface area (Å²) in [6.45, 7) is 2.03. The van der Waals surface area contributed by atoms with E-state index in [4.69, 9.17) is 0 Å². The molecule has 8 nitrogen and oxygen atoms in total. The van der Waals surface area contributed by atoms with E-state index in [1.54, 1.807) is 73.7 Å². The van der Waals surface area contributed by atoms with Crippen molar-refractivity contribution < 1.29 is 14.0 Å². The molecule has 0 aliphatic rings. The number of para-hydroxylation sites is 1. The fourth-order valence-electron chi connectivity index (χ4n) is 3.99. The van der Waals surface area contributed by atoms with Crippen molar-refractivity contribution >= 4 is 33.5 Å². The van der Waals surface area contributed by atoms with Crippen molar-refractivity contribution in [3.63, 3.8) is 0 Å². The Bertz CT molecular complexity index is 1700. The van der Waals surface area contributed by atoms with Gasteiger partial charge in [-0.15, -0.1) is 0 Å². The maximum atomic E-state index is 13.4. The summed E-state index contributed by atoms with van der Waals surface area (Å²) in [7, 11) is 0. The molecule has 2 aromatic heterocycles. The second kappa shape index (κ2) is 9.38. The highest BCUT2D eigenvalue weighted by molar-refractivity contribution is 6.09. The minimum Gasteiger partial charge on any atom is -0.267 e. The van der Waals surface area contributed by atoms with Crippen LogP contribution in [0.15, 0.2) is 83.7 Å². The number of benzene rings is 3. The molecule has 36 heavy (non-hydrogen) atoms. The minimum absolute atomic E-state index is 0.0129. The van der Waals surface area contributed by atoms with Crippen molar-refractivity contribution in [3.8, 4) is 11.3 Å². The molecule has 5 aromatic rings. The summed E-state index contributed by atoms with van der Waals surface area (Å²) in [5.41, 5.74) is 6.52. The third-order valence-electron chi connectivity index (χ3n) is 5.77. The first-order chi connectivity index (χ1) is 17.5. The number of fused-ring (bicyclic) bond motifs is 2. The van der Waals surface area contributed by atoms with E-state index in [9.17, 15) is 18.8 Å². The SMILES string of the molecule is CCn1nc(C(=O)NNC(=O)c2cc(-c3ccc(F)cc3)nc3ccccc23)c2ccccc2c1=O. The van der Waals surface area contributed by atoms with E-state index >= 15 is 0 Å². The molecular formula is C27H20FN5O3. The van der Waals surface area contributed by atoms with Gasteiger partial charge < -0.3 is 0 Å². The monoisotopic (exact) mass is 481 g/mol. The number of carbonyl (C=O) groups is 2. The Morgan fingerprint density at radius 1 is 0.861 bits per heavy atom. The first-order valence-corrected chi connectivity index (χ1v) is 11.2. The van der Waals surface area contributed by atoms with Gasteiger partial charge in [0.2, 0.25) is 0 Å². The number of hydrogen-bond acceptors (Lipinski definition) is 5. The fourth-order valence-corrected chi connectivity index (χ4v) is 3.99. The molecule has 0 atom stereocenters. The van der Waals surface area contributed by atoms with E-state index in [0.717, 1.165) is 0 Å². The van der Waals surface area contributed by atoms with Crippen molar-refractivity contribution in [1.82, 2.24) is 25.6 Å². The molecule has 0 spiro atoms. The van der Waals surface area contributed by atoms with Gasteiger partial charge in [-0.25, -0.2) is 14.1 Å². The Morgan fingerprint density at radius 2 is 1.50 bits per heavy atom. The third kappa shape index (κ3) is 4.18. The zero-order valence-corrected chi connectivity index (χ0v) is 19.2. The largest absolute Gasteiger partial charge is 0.290 e. The maximum Gasteiger partial charge on any atom is 0.290 e. The number of nitrogens with one attached hydrogen (secondary N) is 2. The van der Waals surface area contributed by atoms with Crippen LogP contribution in [0, 0.1) is 5.82 Å². The lowest BCUT2D eigenvalue weighted by atomic mass is 10.0. The van der Waals surface area contributed by atoms with Crippen molar-refractivity contribution in [1.29, 1.82) is 0 Å². The second-order valence-corrected chi connectivity index (χ2v) is 8.00. The molecule has 0 saturated carbocycles. The molecule has 178 valence electrons. The zero-order chi connectivity index (χ0) is 25.2. The quantitative estimate of drug-likeness (QED) is 0.380. The average Bonchev–Trinajstić information content (AvgIpc) is 2.91. The predicted octanol–water partition coefficient (Wildman–Crippen LogP) is 3.85. The highest BCUT2D eigenvalue weighted by atomic mass is 19.1. The molecule has 5 rings (SSSR count). The van der Waals surface area contributed by atoms with E-state index in [0.29, 0.717) is 32.9 Å². The molecule has 0 aliphatic heterocycles. The smallest absolute Gasteiger partial charge is 0.267 e. The number of aromatic nitrogens is 3. The number of carbonyl (C=O) groups excluding carboxylic acids is 2. The number of pyridine rings is 1. The Hall–Kier alpha value is -4.92. The van der Waals surface area contributed by atoms with Crippen LogP contribution in [-0.2, 0) is 6.54 Å². The molecule has 0 saturated heterocycles. The van der Waals surface area contributed by atoms with Gasteiger partial charge in [0.25, 0.3) is 17.4 Å². The Labute approximate surface area is 204 Å². The summed E-state index contributed by atoms with van der Waals surface area (Å²) < 4.78 is 14.6. The minimum atomic E-state index is -0.668. The van der Waals surface area contributed by atoms with Gasteiger partial charge in [0.05, 0.1) is 22.2 Å². The predicted molar refractivity (Wildman–Crippen MR) is 134 cm³/mol. The van der Waals surface area contributed by atoms with Crippen LogP contribution in [0.25, 0.3) is 32.9 Å². The van der Waals surface area contributed by atoms with E-state index in [1.165, 1.54) is 16.8 Å². The summed E-state index contributed by atoms with van der Waals surface area (Å²) in [5, 5.41) is 5.50. The summed E-state index contributed by atoms with van der Waals surface area (Å²) in [4.78, 5) is 43.3. The Morgan fingerprint density at radius 3 is 2.22 bits per heavy atom. The molecule has 9 heteroatoms. The Balaban J connectivity index is 1.47. The number of rotatable bonds is 4. The normalized spacial score (nSPS) is 10.9. The molecule has 0 bridgehead atoms. The van der Waals surface area contributed by atoms with Crippen LogP contribution in [0.3, 0.4) is 0 Å². The molecule has 0 unspecified atom stereocenters. The number of hydrazine groups is 1. The number of hydrogen-bond donors (Lipinski definition) is 2. The van der Waals surface area contributed by atoms with Crippen LogP contribution in [0.1, 0.15) is 27.8 Å². The van der Waals surface area contributed by atoms with Crippen LogP contribution >= 0.6 is 0 Å². The van der Waals surface area contributed by atoms with Crippen molar-refractivity contribution in [2.45, 2.75) is 13.5 Å². The van der Waals surface area contributed by atoms with E-state index in [2.05, 4.69) is 20.9 Å². The van der Waals surface area contributed by atoms with Crippen molar-refractivity contribution in [2.24, 2.45) is 0 Å². The van der Waals surface area contributed by atoms with Crippen molar-refractivity contribution in [2.75, 3.05) is 0 Å². The van der Waals surface area contributed by atoms with Gasteiger partial charge in [0.15, 0.2) is 5.69 Å². The molecular weight excluding hydrogens is 461 g/mol. The van der Waals surface area contributed by atoms with Crippen LogP contribution in [-0.4, -0.2) is 26.6 Å². The van der Waals surface area contributed by atoms with Crippen LogP contribution < -0.4 is 16.4 Å². The molecule has 2 N–H and O–H groups in total. The Kier molecular flexibility index (Phi) is 5.95. The topological polar surface area (TPSA) is 106 Å². The summed E-state index contributed by atoms with van der Waals surface area (Å²) >= 11 is 0. The summed E-state index contributed by atoms with van der Waals surface area (Å²) in [5.74, 6) is -1.62. The van der Waals surface area contributed by atoms with Gasteiger partial charge in [-0.05, 0) is 49.4 Å². The second-order valence-electron chi connectivity index (χ2n) is 8.00. The van der Waals surface area contributed by atoms with Gasteiger partial charge in [-0.3, -0.25) is 25.2 Å². The third-order valence-corrected chi connectivity index (χ3v) is 5.77. The van der Waals surface area contributed by atoms with E-state index in [-0.39, 0.29) is 29.2 Å². The summed E-state index contributed by atoms with van der Waals surface area (Å²) in [6, 6.07) is 21.1. The lowest BCUT2D eigenvalue weighted by Crippen LogP contribution is -2.43. The standard InChI is InChI=1S/C27H20FN5O3/c1-2-33-27(36)20-9-4-3-8-19(20)24(32-33)26(35)31-30-25(34)21-15-23(16-11-13-17(28)14-12-16)29-22-10-6-5-7-18(21)22/h3-15H,2H2,1H3,(H,30,34)(H,31,35). The number of amides is 2.